The van der Waals surface area contributed by atoms with E-state index >= 15 is 0 Å². The molecule has 0 nitrogen and oxygen atoms in total. The second kappa shape index (κ2) is 9.87. The first-order valence-electron chi connectivity index (χ1n) is 10.6. The van der Waals surface area contributed by atoms with E-state index in [9.17, 15) is 8.78 Å². The lowest BCUT2D eigenvalue weighted by Gasteiger charge is -2.29. The zero-order chi connectivity index (χ0) is 19.9. The quantitative estimate of drug-likeness (QED) is 0.353. The van der Waals surface area contributed by atoms with Crippen molar-refractivity contribution in [1.29, 1.82) is 0 Å². The van der Waals surface area contributed by atoms with Crippen molar-refractivity contribution in [2.75, 3.05) is 0 Å². The van der Waals surface area contributed by atoms with Gasteiger partial charge in [0.2, 0.25) is 0 Å². The van der Waals surface area contributed by atoms with Crippen molar-refractivity contribution >= 4 is 0 Å². The highest BCUT2D eigenvalue weighted by atomic mass is 19.2. The molecule has 0 bridgehead atoms. The fraction of sp³-hybridized carbons (Fsp3) is 0.462. The first kappa shape index (κ1) is 20.6. The highest BCUT2D eigenvalue weighted by molar-refractivity contribution is 5.65. The van der Waals surface area contributed by atoms with Crippen LogP contribution in [0.4, 0.5) is 8.78 Å². The van der Waals surface area contributed by atoms with Crippen LogP contribution in [0.5, 0.6) is 0 Å². The van der Waals surface area contributed by atoms with E-state index in [4.69, 9.17) is 0 Å². The molecule has 0 radical (unpaired) electrons. The van der Waals surface area contributed by atoms with Crippen molar-refractivity contribution < 1.29 is 8.78 Å². The van der Waals surface area contributed by atoms with Gasteiger partial charge in [0, 0.05) is 11.1 Å². The molecule has 1 fully saturated rings. The van der Waals surface area contributed by atoms with Crippen LogP contribution in [0.25, 0.3) is 11.1 Å². The van der Waals surface area contributed by atoms with Gasteiger partial charge >= 0.3 is 0 Å². The molecule has 0 unspecified atom stereocenters. The number of unbranched alkanes of at least 4 members (excludes halogenated alkanes) is 2. The molecule has 28 heavy (non-hydrogen) atoms. The van der Waals surface area contributed by atoms with Crippen molar-refractivity contribution in [3.63, 3.8) is 0 Å². The van der Waals surface area contributed by atoms with E-state index in [-0.39, 0.29) is 5.92 Å². The predicted molar refractivity (Wildman–Crippen MR) is 113 cm³/mol. The van der Waals surface area contributed by atoms with Crippen LogP contribution in [0.3, 0.4) is 0 Å². The Kier molecular flexibility index (Phi) is 7.26. The Balaban J connectivity index is 1.71. The summed E-state index contributed by atoms with van der Waals surface area (Å²) in [5.74, 6) is 5.33. The molecule has 2 aromatic rings. The van der Waals surface area contributed by atoms with Crippen LogP contribution < -0.4 is 0 Å². The van der Waals surface area contributed by atoms with Crippen LogP contribution >= 0.6 is 0 Å². The molecule has 0 N–H and O–H groups in total. The fourth-order valence-corrected chi connectivity index (χ4v) is 4.43. The summed E-state index contributed by atoms with van der Waals surface area (Å²) in [6.45, 7) is 4.01. The monoisotopic (exact) mass is 380 g/mol. The zero-order valence-electron chi connectivity index (χ0n) is 17.0. The van der Waals surface area contributed by atoms with Gasteiger partial charge in [0.15, 0.2) is 11.6 Å². The van der Waals surface area contributed by atoms with Gasteiger partial charge in [0.1, 0.15) is 0 Å². The van der Waals surface area contributed by atoms with Crippen molar-refractivity contribution in [2.24, 2.45) is 5.92 Å². The lowest BCUT2D eigenvalue weighted by molar-refractivity contribution is 0.298. The first-order chi connectivity index (χ1) is 13.6. The molecule has 1 aliphatic carbocycles. The van der Waals surface area contributed by atoms with E-state index in [2.05, 4.69) is 18.8 Å². The number of hydrogen-bond acceptors (Lipinski definition) is 0. The maximum Gasteiger partial charge on any atom is 0.166 e. The van der Waals surface area contributed by atoms with Gasteiger partial charge in [-0.15, -0.1) is 5.92 Å². The SMILES string of the molecule is CC#Cc1ccc(-c2ccc(C3CCC(CCCCC)CC3)c(F)c2F)cc1. The van der Waals surface area contributed by atoms with Gasteiger partial charge in [-0.05, 0) is 67.7 Å². The minimum Gasteiger partial charge on any atom is -0.203 e. The topological polar surface area (TPSA) is 0 Å². The van der Waals surface area contributed by atoms with Gasteiger partial charge in [-0.2, -0.15) is 0 Å². The summed E-state index contributed by atoms with van der Waals surface area (Å²) < 4.78 is 29.7. The van der Waals surface area contributed by atoms with Crippen LogP contribution in [-0.2, 0) is 0 Å². The Morgan fingerprint density at radius 3 is 2.25 bits per heavy atom. The van der Waals surface area contributed by atoms with Gasteiger partial charge in [-0.3, -0.25) is 0 Å². The predicted octanol–water partition coefficient (Wildman–Crippen LogP) is 7.86. The molecular weight excluding hydrogens is 350 g/mol. The van der Waals surface area contributed by atoms with Crippen LogP contribution in [-0.4, -0.2) is 0 Å². The Morgan fingerprint density at radius 2 is 1.61 bits per heavy atom. The van der Waals surface area contributed by atoms with Crippen LogP contribution in [0, 0.1) is 29.4 Å². The molecule has 2 heteroatoms. The van der Waals surface area contributed by atoms with Gasteiger partial charge in [0.25, 0.3) is 0 Å². The highest BCUT2D eigenvalue weighted by Gasteiger charge is 2.26. The molecule has 3 rings (SSSR count). The summed E-state index contributed by atoms with van der Waals surface area (Å²) in [4.78, 5) is 0. The number of benzene rings is 2. The normalized spacial score (nSPS) is 19.1. The van der Waals surface area contributed by atoms with Crippen molar-refractivity contribution in [1.82, 2.24) is 0 Å². The smallest absolute Gasteiger partial charge is 0.166 e. The van der Waals surface area contributed by atoms with E-state index in [0.717, 1.165) is 37.2 Å². The largest absolute Gasteiger partial charge is 0.203 e. The summed E-state index contributed by atoms with van der Waals surface area (Å²) in [7, 11) is 0. The zero-order valence-corrected chi connectivity index (χ0v) is 17.0. The van der Waals surface area contributed by atoms with E-state index in [1.165, 1.54) is 25.7 Å². The molecule has 0 heterocycles. The first-order valence-corrected chi connectivity index (χ1v) is 10.6. The molecule has 0 aromatic heterocycles. The maximum absolute atomic E-state index is 14.9. The number of rotatable bonds is 6. The molecule has 0 atom stereocenters. The van der Waals surface area contributed by atoms with Crippen LogP contribution in [0.1, 0.15) is 82.3 Å². The Bertz CT molecular complexity index is 831. The average molecular weight is 381 g/mol. The Hall–Kier alpha value is -2.14. The molecule has 148 valence electrons. The summed E-state index contributed by atoms with van der Waals surface area (Å²) >= 11 is 0. The average Bonchev–Trinajstić information content (AvgIpc) is 2.72. The summed E-state index contributed by atoms with van der Waals surface area (Å²) in [5.41, 5.74) is 2.44. The molecule has 0 amide bonds. The third kappa shape index (κ3) is 4.82. The summed E-state index contributed by atoms with van der Waals surface area (Å²) in [6.07, 6.45) is 9.34. The second-order valence-electron chi connectivity index (χ2n) is 8.00. The van der Waals surface area contributed by atoms with Crippen LogP contribution in [0.15, 0.2) is 36.4 Å². The molecule has 0 aliphatic heterocycles. The van der Waals surface area contributed by atoms with Crippen molar-refractivity contribution in [3.8, 4) is 23.0 Å². The summed E-state index contributed by atoms with van der Waals surface area (Å²) in [5, 5.41) is 0. The van der Waals surface area contributed by atoms with Gasteiger partial charge < -0.3 is 0 Å². The minimum atomic E-state index is -0.725. The fourth-order valence-electron chi connectivity index (χ4n) is 4.43. The van der Waals surface area contributed by atoms with E-state index < -0.39 is 11.6 Å². The highest BCUT2D eigenvalue weighted by Crippen LogP contribution is 2.40. The lowest BCUT2D eigenvalue weighted by Crippen LogP contribution is -2.15. The van der Waals surface area contributed by atoms with Gasteiger partial charge in [-0.25, -0.2) is 8.78 Å². The molecular formula is C26H30F2. The standard InChI is InChI=1S/C26H30F2/c1-3-5-6-8-20-11-15-22(16-12-20)24-18-17-23(25(27)26(24)28)21-13-9-19(7-4-2)10-14-21/h9-10,13-14,17-18,20,22H,3,5-6,8,11-12,15-16H2,1-2H3. The molecule has 1 aliphatic rings. The summed E-state index contributed by atoms with van der Waals surface area (Å²) in [6, 6.07) is 10.8. The third-order valence-electron chi connectivity index (χ3n) is 6.08. The number of halogens is 2. The molecule has 0 saturated heterocycles. The van der Waals surface area contributed by atoms with Crippen molar-refractivity contribution in [2.45, 2.75) is 71.1 Å². The van der Waals surface area contributed by atoms with E-state index in [1.54, 1.807) is 31.2 Å². The minimum absolute atomic E-state index is 0.146. The molecule has 2 aromatic carbocycles. The van der Waals surface area contributed by atoms with E-state index in [1.807, 2.05) is 12.1 Å². The van der Waals surface area contributed by atoms with Crippen LogP contribution in [0.2, 0.25) is 0 Å². The molecule has 0 spiro atoms. The molecule has 1 saturated carbocycles. The van der Waals surface area contributed by atoms with Crippen molar-refractivity contribution in [3.05, 3.63) is 59.2 Å². The number of hydrogen-bond donors (Lipinski definition) is 0. The van der Waals surface area contributed by atoms with E-state index in [0.29, 0.717) is 16.7 Å². The second-order valence-corrected chi connectivity index (χ2v) is 8.00. The third-order valence-corrected chi connectivity index (χ3v) is 6.08. The lowest BCUT2D eigenvalue weighted by atomic mass is 9.76. The van der Waals surface area contributed by atoms with Gasteiger partial charge in [-0.1, -0.05) is 62.8 Å². The Morgan fingerprint density at radius 1 is 0.893 bits per heavy atom. The Labute approximate surface area is 168 Å². The maximum atomic E-state index is 14.9. The van der Waals surface area contributed by atoms with Gasteiger partial charge in [0.05, 0.1) is 0 Å².